The van der Waals surface area contributed by atoms with Gasteiger partial charge in [0.25, 0.3) is 5.95 Å². The lowest BCUT2D eigenvalue weighted by Gasteiger charge is -2.12. The number of hydrogen-bond donors (Lipinski definition) is 1. The molecule has 0 fully saturated rings. The Labute approximate surface area is 113 Å². The fourth-order valence-corrected chi connectivity index (χ4v) is 2.06. The van der Waals surface area contributed by atoms with Gasteiger partial charge in [0.15, 0.2) is 5.16 Å². The van der Waals surface area contributed by atoms with E-state index in [0.717, 1.165) is 0 Å². The predicted molar refractivity (Wildman–Crippen MR) is 66.8 cm³/mol. The molecule has 18 heavy (non-hydrogen) atoms. The molecule has 0 aliphatic rings. The summed E-state index contributed by atoms with van der Waals surface area (Å²) >= 11 is 7.15. The molecule has 0 spiro atoms. The fraction of sp³-hybridized carbons (Fsp3) is 0.444. The minimum Gasteiger partial charge on any atom is -0.392 e. The molecule has 0 aliphatic carbocycles. The molecule has 0 saturated carbocycles. The summed E-state index contributed by atoms with van der Waals surface area (Å²) in [6, 6.07) is 0. The Morgan fingerprint density at radius 3 is 2.72 bits per heavy atom. The van der Waals surface area contributed by atoms with Gasteiger partial charge in [-0.3, -0.25) is 0 Å². The highest BCUT2D eigenvalue weighted by Gasteiger charge is 2.15. The van der Waals surface area contributed by atoms with Crippen molar-refractivity contribution in [3.63, 3.8) is 0 Å². The molecule has 2 heterocycles. The molecule has 0 radical (unpaired) electrons. The highest BCUT2D eigenvalue weighted by atomic mass is 35.5. The first-order valence-corrected chi connectivity index (χ1v) is 6.43. The van der Waals surface area contributed by atoms with Crippen LogP contribution in [-0.4, -0.2) is 46.2 Å². The van der Waals surface area contributed by atoms with Crippen molar-refractivity contribution in [1.29, 1.82) is 0 Å². The summed E-state index contributed by atoms with van der Waals surface area (Å²) in [4.78, 5) is 16.0. The van der Waals surface area contributed by atoms with Crippen molar-refractivity contribution < 1.29 is 5.11 Å². The van der Waals surface area contributed by atoms with Crippen molar-refractivity contribution >= 4 is 23.4 Å². The van der Waals surface area contributed by atoms with Gasteiger partial charge in [-0.15, -0.1) is 0 Å². The van der Waals surface area contributed by atoms with Gasteiger partial charge in [0, 0.05) is 5.25 Å². The third-order valence-corrected chi connectivity index (χ3v) is 3.50. The first-order chi connectivity index (χ1) is 8.56. The van der Waals surface area contributed by atoms with Crippen LogP contribution in [0.5, 0.6) is 0 Å². The van der Waals surface area contributed by atoms with E-state index in [9.17, 15) is 5.11 Å². The number of halogens is 1. The normalized spacial score (nSPS) is 14.4. The topological polar surface area (TPSA) is 89.6 Å². The third kappa shape index (κ3) is 3.15. The molecule has 9 heteroatoms. The summed E-state index contributed by atoms with van der Waals surface area (Å²) in [7, 11) is 0. The second-order valence-corrected chi connectivity index (χ2v) is 5.27. The van der Waals surface area contributed by atoms with Gasteiger partial charge in [-0.2, -0.15) is 24.7 Å². The Kier molecular flexibility index (Phi) is 4.10. The Balaban J connectivity index is 2.27. The zero-order valence-electron chi connectivity index (χ0n) is 9.73. The Bertz CT molecular complexity index is 520. The lowest BCUT2D eigenvalue weighted by molar-refractivity contribution is 0.196. The quantitative estimate of drug-likeness (QED) is 0.838. The van der Waals surface area contributed by atoms with Crippen LogP contribution in [-0.2, 0) is 0 Å². The van der Waals surface area contributed by atoms with E-state index < -0.39 is 6.10 Å². The van der Waals surface area contributed by atoms with Crippen molar-refractivity contribution in [3.05, 3.63) is 17.9 Å². The van der Waals surface area contributed by atoms with E-state index in [4.69, 9.17) is 11.6 Å². The Morgan fingerprint density at radius 2 is 2.11 bits per heavy atom. The van der Waals surface area contributed by atoms with Crippen LogP contribution in [0.15, 0.2) is 17.8 Å². The van der Waals surface area contributed by atoms with Crippen molar-refractivity contribution in [1.82, 2.24) is 29.7 Å². The molecule has 0 aliphatic heterocycles. The maximum atomic E-state index is 9.45. The third-order valence-electron chi connectivity index (χ3n) is 2.17. The molecular weight excluding hydrogens is 276 g/mol. The second-order valence-electron chi connectivity index (χ2n) is 3.59. The zero-order chi connectivity index (χ0) is 13.1. The van der Waals surface area contributed by atoms with Crippen molar-refractivity contribution in [3.8, 4) is 5.95 Å². The average Bonchev–Trinajstić information content (AvgIpc) is 2.81. The number of rotatable bonds is 4. The highest BCUT2D eigenvalue weighted by Crippen LogP contribution is 2.23. The van der Waals surface area contributed by atoms with E-state index in [1.54, 1.807) is 6.92 Å². The first-order valence-electron chi connectivity index (χ1n) is 5.17. The lowest BCUT2D eigenvalue weighted by atomic mass is 10.3. The van der Waals surface area contributed by atoms with E-state index in [1.165, 1.54) is 29.1 Å². The summed E-state index contributed by atoms with van der Waals surface area (Å²) < 4.78 is 1.39. The van der Waals surface area contributed by atoms with Crippen LogP contribution < -0.4 is 0 Å². The molecule has 1 N–H and O–H groups in total. The molecule has 2 aromatic heterocycles. The van der Waals surface area contributed by atoms with Crippen molar-refractivity contribution in [2.45, 2.75) is 30.4 Å². The molecular formula is C9H11ClN6OS. The van der Waals surface area contributed by atoms with Gasteiger partial charge in [0.05, 0.1) is 6.10 Å². The predicted octanol–water partition coefficient (Wildman–Crippen LogP) is 0.967. The molecule has 0 bridgehead atoms. The van der Waals surface area contributed by atoms with E-state index >= 15 is 0 Å². The highest BCUT2D eigenvalue weighted by molar-refractivity contribution is 7.99. The molecule has 2 aromatic rings. The molecule has 0 amide bonds. The van der Waals surface area contributed by atoms with Gasteiger partial charge in [-0.05, 0) is 18.5 Å². The molecule has 0 aromatic carbocycles. The number of thioether (sulfide) groups is 1. The van der Waals surface area contributed by atoms with E-state index in [-0.39, 0.29) is 10.5 Å². The molecule has 0 saturated heterocycles. The molecule has 2 unspecified atom stereocenters. The van der Waals surface area contributed by atoms with Gasteiger partial charge in [0.2, 0.25) is 5.28 Å². The summed E-state index contributed by atoms with van der Waals surface area (Å²) in [5.74, 6) is 0.299. The van der Waals surface area contributed by atoms with Crippen LogP contribution in [0.3, 0.4) is 0 Å². The van der Waals surface area contributed by atoms with Crippen LogP contribution in [0.2, 0.25) is 5.28 Å². The lowest BCUT2D eigenvalue weighted by Crippen LogP contribution is -2.16. The van der Waals surface area contributed by atoms with Crippen molar-refractivity contribution in [2.75, 3.05) is 0 Å². The monoisotopic (exact) mass is 286 g/mol. The Hall–Kier alpha value is -1.25. The number of hydrogen-bond acceptors (Lipinski definition) is 7. The second kappa shape index (κ2) is 5.59. The Morgan fingerprint density at radius 1 is 1.33 bits per heavy atom. The van der Waals surface area contributed by atoms with E-state index in [0.29, 0.717) is 11.1 Å². The maximum Gasteiger partial charge on any atom is 0.257 e. The SMILES string of the molecule is CC(O)C(C)Sc1nc(Cl)nc(-n2cncn2)n1. The summed E-state index contributed by atoms with van der Waals surface area (Å²) in [6.07, 6.45) is 2.38. The van der Waals surface area contributed by atoms with E-state index in [2.05, 4.69) is 25.0 Å². The minimum absolute atomic E-state index is 0.0490. The van der Waals surface area contributed by atoms with Crippen molar-refractivity contribution in [2.24, 2.45) is 0 Å². The number of nitrogens with zero attached hydrogens (tertiary/aromatic N) is 6. The standard InChI is InChI=1S/C9H11ClN6OS/c1-5(17)6(2)18-9-14-7(10)13-8(15-9)16-4-11-3-12-16/h3-6,17H,1-2H3. The maximum absolute atomic E-state index is 9.45. The largest absolute Gasteiger partial charge is 0.392 e. The van der Waals surface area contributed by atoms with E-state index in [1.807, 2.05) is 6.92 Å². The number of aromatic nitrogens is 6. The van der Waals surface area contributed by atoms with Crippen LogP contribution in [0.1, 0.15) is 13.8 Å². The molecule has 96 valence electrons. The average molecular weight is 287 g/mol. The summed E-state index contributed by atoms with van der Waals surface area (Å²) in [5.41, 5.74) is 0. The number of aliphatic hydroxyl groups excluding tert-OH is 1. The summed E-state index contributed by atoms with van der Waals surface area (Å²) in [5, 5.41) is 13.8. The number of aliphatic hydroxyl groups is 1. The van der Waals surface area contributed by atoms with Gasteiger partial charge >= 0.3 is 0 Å². The smallest absolute Gasteiger partial charge is 0.257 e. The summed E-state index contributed by atoms with van der Waals surface area (Å²) in [6.45, 7) is 3.58. The van der Waals surface area contributed by atoms with Gasteiger partial charge in [-0.25, -0.2) is 4.98 Å². The van der Waals surface area contributed by atoms with Gasteiger partial charge < -0.3 is 5.11 Å². The zero-order valence-corrected chi connectivity index (χ0v) is 11.3. The molecule has 7 nitrogen and oxygen atoms in total. The fourth-order valence-electron chi connectivity index (χ4n) is 1.05. The van der Waals surface area contributed by atoms with Gasteiger partial charge in [-0.1, -0.05) is 18.7 Å². The van der Waals surface area contributed by atoms with Crippen LogP contribution in [0, 0.1) is 0 Å². The molecule has 2 atom stereocenters. The minimum atomic E-state index is -0.472. The first kappa shape index (κ1) is 13.2. The van der Waals surface area contributed by atoms with Crippen LogP contribution in [0.25, 0.3) is 5.95 Å². The van der Waals surface area contributed by atoms with Crippen LogP contribution in [0.4, 0.5) is 0 Å². The van der Waals surface area contributed by atoms with Crippen LogP contribution >= 0.6 is 23.4 Å². The van der Waals surface area contributed by atoms with Gasteiger partial charge in [0.1, 0.15) is 12.7 Å². The molecule has 2 rings (SSSR count).